The number of amides is 2. The van der Waals surface area contributed by atoms with Crippen molar-refractivity contribution in [3.05, 3.63) is 33.4 Å². The SMILES string of the molecule is COC(=O)C(C)CNC(=O)Nc1cc(C)c(-c2nc3c(Cl)c(C(C)(C)C)[nH]n3n2)c(Cl)c1. The minimum Gasteiger partial charge on any atom is -0.469 e. The molecule has 1 aromatic carbocycles. The number of anilines is 1. The molecule has 1 unspecified atom stereocenters. The van der Waals surface area contributed by atoms with E-state index in [-0.39, 0.29) is 12.0 Å². The van der Waals surface area contributed by atoms with E-state index in [1.807, 2.05) is 27.7 Å². The Kier molecular flexibility index (Phi) is 6.71. The summed E-state index contributed by atoms with van der Waals surface area (Å²) < 4.78 is 6.18. The van der Waals surface area contributed by atoms with Crippen molar-refractivity contribution in [1.82, 2.24) is 25.1 Å². The number of carbonyl (C=O) groups excluding carboxylic acids is 2. The zero-order valence-electron chi connectivity index (χ0n) is 18.8. The smallest absolute Gasteiger partial charge is 0.319 e. The molecule has 2 heterocycles. The molecule has 0 radical (unpaired) electrons. The number of esters is 1. The number of hydrogen-bond acceptors (Lipinski definition) is 5. The van der Waals surface area contributed by atoms with Crippen molar-refractivity contribution in [2.75, 3.05) is 19.0 Å². The Morgan fingerprint density at radius 3 is 2.53 bits per heavy atom. The normalized spacial score (nSPS) is 12.6. The van der Waals surface area contributed by atoms with E-state index in [1.54, 1.807) is 19.1 Å². The summed E-state index contributed by atoms with van der Waals surface area (Å²) in [6.45, 7) is 9.79. The summed E-state index contributed by atoms with van der Waals surface area (Å²) in [6.07, 6.45) is 0. The highest BCUT2D eigenvalue weighted by molar-refractivity contribution is 6.34. The van der Waals surface area contributed by atoms with Crippen LogP contribution in [0, 0.1) is 12.8 Å². The van der Waals surface area contributed by atoms with Gasteiger partial charge in [-0.2, -0.15) is 4.63 Å². The van der Waals surface area contributed by atoms with Gasteiger partial charge in [-0.15, -0.1) is 5.10 Å². The largest absolute Gasteiger partial charge is 0.469 e. The van der Waals surface area contributed by atoms with Crippen LogP contribution in [0.1, 0.15) is 39.0 Å². The van der Waals surface area contributed by atoms with E-state index in [0.717, 1.165) is 11.3 Å². The fraction of sp³-hybridized carbons (Fsp3) is 0.429. The molecule has 0 aliphatic rings. The molecular formula is C21H26Cl2N6O3. The average molecular weight is 481 g/mol. The number of aryl methyl sites for hydroxylation is 1. The minimum absolute atomic E-state index is 0.144. The van der Waals surface area contributed by atoms with Crippen LogP contribution in [-0.4, -0.2) is 45.5 Å². The van der Waals surface area contributed by atoms with Gasteiger partial charge in [-0.25, -0.2) is 9.78 Å². The maximum absolute atomic E-state index is 12.2. The minimum atomic E-state index is -0.459. The summed E-state index contributed by atoms with van der Waals surface area (Å²) in [5.41, 5.74) is 3.09. The molecule has 32 heavy (non-hydrogen) atoms. The highest BCUT2D eigenvalue weighted by atomic mass is 35.5. The molecule has 0 spiro atoms. The van der Waals surface area contributed by atoms with E-state index >= 15 is 0 Å². The lowest BCUT2D eigenvalue weighted by Crippen LogP contribution is -2.35. The number of ether oxygens (including phenoxy) is 1. The second-order valence-electron chi connectivity index (χ2n) is 8.63. The zero-order valence-corrected chi connectivity index (χ0v) is 20.3. The molecule has 3 N–H and O–H groups in total. The standard InChI is InChI=1S/C21H26Cl2N6O3/c1-10-7-12(25-20(31)24-9-11(2)19(30)32-6)8-13(22)14(10)17-26-18-15(23)16(21(3,4)5)27-29(18)28-17/h7-8,11,27H,9H2,1-6H3,(H2,24,25,31). The number of rotatable bonds is 5. The number of nitrogens with zero attached hydrogens (tertiary/aromatic N) is 3. The number of carbonyl (C=O) groups is 2. The van der Waals surface area contributed by atoms with Crippen LogP contribution in [0.2, 0.25) is 10.0 Å². The second kappa shape index (κ2) is 8.99. The molecule has 172 valence electrons. The molecule has 11 heteroatoms. The number of aromatic amines is 1. The van der Waals surface area contributed by atoms with Gasteiger partial charge in [-0.05, 0) is 24.6 Å². The number of H-pyrrole nitrogens is 1. The first-order chi connectivity index (χ1) is 14.9. The van der Waals surface area contributed by atoms with E-state index in [9.17, 15) is 9.59 Å². The molecule has 0 saturated carbocycles. The van der Waals surface area contributed by atoms with E-state index in [1.165, 1.54) is 11.7 Å². The summed E-state index contributed by atoms with van der Waals surface area (Å²) in [4.78, 5) is 28.2. The first-order valence-electron chi connectivity index (χ1n) is 10.00. The Morgan fingerprint density at radius 1 is 1.28 bits per heavy atom. The number of nitrogens with one attached hydrogen (secondary N) is 3. The first kappa shape index (κ1) is 23.9. The van der Waals surface area contributed by atoms with Crippen molar-refractivity contribution in [2.45, 2.75) is 40.0 Å². The number of methoxy groups -OCH3 is 1. The summed E-state index contributed by atoms with van der Waals surface area (Å²) in [5, 5.41) is 13.9. The Bertz CT molecular complexity index is 1160. The van der Waals surface area contributed by atoms with Gasteiger partial charge in [0, 0.05) is 23.2 Å². The Labute approximate surface area is 195 Å². The fourth-order valence-corrected chi connectivity index (χ4v) is 4.01. The summed E-state index contributed by atoms with van der Waals surface area (Å²) in [7, 11) is 1.30. The maximum atomic E-state index is 12.2. The number of halogens is 2. The molecule has 2 amide bonds. The lowest BCUT2D eigenvalue weighted by atomic mass is 9.92. The number of fused-ring (bicyclic) bond motifs is 1. The van der Waals surface area contributed by atoms with Gasteiger partial charge in [0.05, 0.1) is 23.7 Å². The van der Waals surface area contributed by atoms with Crippen LogP contribution in [0.15, 0.2) is 12.1 Å². The van der Waals surface area contributed by atoms with Gasteiger partial charge in [0.15, 0.2) is 11.5 Å². The van der Waals surface area contributed by atoms with Gasteiger partial charge >= 0.3 is 12.0 Å². The number of benzene rings is 1. The summed E-state index contributed by atoms with van der Waals surface area (Å²) in [5.74, 6) is -0.434. The Morgan fingerprint density at radius 2 is 1.97 bits per heavy atom. The molecule has 0 aliphatic heterocycles. The van der Waals surface area contributed by atoms with Crippen molar-refractivity contribution in [1.29, 1.82) is 0 Å². The van der Waals surface area contributed by atoms with E-state index in [4.69, 9.17) is 23.2 Å². The fourth-order valence-electron chi connectivity index (χ4n) is 3.21. The predicted octanol–water partition coefficient (Wildman–Crippen LogP) is 4.57. The molecular weight excluding hydrogens is 455 g/mol. The summed E-state index contributed by atoms with van der Waals surface area (Å²) >= 11 is 13.0. The molecule has 2 aromatic heterocycles. The molecule has 0 aliphatic carbocycles. The van der Waals surface area contributed by atoms with Crippen LogP contribution in [-0.2, 0) is 14.9 Å². The lowest BCUT2D eigenvalue weighted by molar-refractivity contribution is -0.144. The Balaban J connectivity index is 1.80. The third-order valence-electron chi connectivity index (χ3n) is 4.93. The van der Waals surface area contributed by atoms with Gasteiger partial charge < -0.3 is 15.4 Å². The van der Waals surface area contributed by atoms with Gasteiger partial charge in [0.25, 0.3) is 0 Å². The number of urea groups is 1. The zero-order chi connectivity index (χ0) is 23.8. The van der Waals surface area contributed by atoms with Crippen molar-refractivity contribution in [3.63, 3.8) is 0 Å². The van der Waals surface area contributed by atoms with E-state index in [2.05, 4.69) is 30.6 Å². The monoisotopic (exact) mass is 480 g/mol. The molecule has 1 atom stereocenters. The lowest BCUT2D eigenvalue weighted by Gasteiger charge is -2.16. The Hall–Kier alpha value is -2.78. The summed E-state index contributed by atoms with van der Waals surface area (Å²) in [6, 6.07) is 2.92. The molecule has 3 aromatic rings. The van der Waals surface area contributed by atoms with Crippen molar-refractivity contribution in [3.8, 4) is 11.4 Å². The van der Waals surface area contributed by atoms with Gasteiger partial charge in [-0.3, -0.25) is 9.89 Å². The highest BCUT2D eigenvalue weighted by Gasteiger charge is 2.25. The van der Waals surface area contributed by atoms with Crippen LogP contribution < -0.4 is 10.6 Å². The topological polar surface area (TPSA) is 113 Å². The van der Waals surface area contributed by atoms with Crippen molar-refractivity contribution < 1.29 is 14.3 Å². The van der Waals surface area contributed by atoms with Gasteiger partial charge in [0.2, 0.25) is 0 Å². The molecule has 0 saturated heterocycles. The molecule has 0 fully saturated rings. The van der Waals surface area contributed by atoms with Crippen LogP contribution in [0.25, 0.3) is 17.0 Å². The quantitative estimate of drug-likeness (QED) is 0.462. The van der Waals surface area contributed by atoms with Gasteiger partial charge in [-0.1, -0.05) is 50.9 Å². The number of hydrogen-bond donors (Lipinski definition) is 3. The van der Waals surface area contributed by atoms with E-state index in [0.29, 0.717) is 32.8 Å². The molecule has 3 rings (SSSR count). The van der Waals surface area contributed by atoms with Crippen molar-refractivity contribution in [2.24, 2.45) is 5.92 Å². The van der Waals surface area contributed by atoms with Crippen LogP contribution in [0.5, 0.6) is 0 Å². The average Bonchev–Trinajstić information content (AvgIpc) is 3.24. The molecule has 0 bridgehead atoms. The van der Waals surface area contributed by atoms with Gasteiger partial charge in [0.1, 0.15) is 5.02 Å². The molecule has 9 nitrogen and oxygen atoms in total. The van der Waals surface area contributed by atoms with E-state index < -0.39 is 17.9 Å². The predicted molar refractivity (Wildman–Crippen MR) is 124 cm³/mol. The van der Waals surface area contributed by atoms with Crippen LogP contribution in [0.4, 0.5) is 10.5 Å². The van der Waals surface area contributed by atoms with Crippen molar-refractivity contribution >= 4 is 46.5 Å². The van der Waals surface area contributed by atoms with Crippen LogP contribution in [0.3, 0.4) is 0 Å². The first-order valence-corrected chi connectivity index (χ1v) is 10.8. The third-order valence-corrected chi connectivity index (χ3v) is 5.59. The highest BCUT2D eigenvalue weighted by Crippen LogP contribution is 2.35. The number of aromatic nitrogens is 4. The maximum Gasteiger partial charge on any atom is 0.319 e. The third kappa shape index (κ3) is 4.83. The second-order valence-corrected chi connectivity index (χ2v) is 9.42. The van der Waals surface area contributed by atoms with Crippen LogP contribution >= 0.6 is 23.2 Å².